The Morgan fingerprint density at radius 2 is 1.95 bits per heavy atom. The van der Waals surface area contributed by atoms with Gasteiger partial charge in [0.05, 0.1) is 6.61 Å². The van der Waals surface area contributed by atoms with Crippen molar-refractivity contribution in [2.75, 3.05) is 13.2 Å². The van der Waals surface area contributed by atoms with E-state index in [-0.39, 0.29) is 12.5 Å². The largest absolute Gasteiger partial charge is 0.494 e. The van der Waals surface area contributed by atoms with Crippen LogP contribution in [-0.4, -0.2) is 18.3 Å². The van der Waals surface area contributed by atoms with Crippen molar-refractivity contribution in [2.45, 2.75) is 19.8 Å². The number of halogens is 1. The molecule has 1 N–H and O–H groups in total. The van der Waals surface area contributed by atoms with Crippen LogP contribution >= 0.6 is 15.9 Å². The highest BCUT2D eigenvalue weighted by Crippen LogP contribution is 2.19. The first-order valence-electron chi connectivity index (χ1n) is 7.23. The third-order valence-corrected chi connectivity index (χ3v) is 4.11. The molecule has 0 radical (unpaired) electrons. The fourth-order valence-electron chi connectivity index (χ4n) is 2.31. The van der Waals surface area contributed by atoms with Crippen LogP contribution in [0.5, 0.6) is 5.75 Å². The number of hydrogen-bond acceptors (Lipinski definition) is 2. The van der Waals surface area contributed by atoms with Gasteiger partial charge >= 0.3 is 0 Å². The molecule has 0 fully saturated rings. The van der Waals surface area contributed by atoms with Crippen LogP contribution in [0, 0.1) is 12.8 Å². The third-order valence-electron chi connectivity index (χ3n) is 3.62. The molecule has 112 valence electrons. The third kappa shape index (κ3) is 5.18. The highest BCUT2D eigenvalue weighted by molar-refractivity contribution is 9.10. The lowest BCUT2D eigenvalue weighted by molar-refractivity contribution is 0.190. The van der Waals surface area contributed by atoms with E-state index < -0.39 is 0 Å². The Morgan fingerprint density at radius 1 is 1.14 bits per heavy atom. The van der Waals surface area contributed by atoms with Crippen LogP contribution < -0.4 is 4.74 Å². The van der Waals surface area contributed by atoms with E-state index in [1.807, 2.05) is 30.3 Å². The van der Waals surface area contributed by atoms with Crippen molar-refractivity contribution < 1.29 is 9.84 Å². The summed E-state index contributed by atoms with van der Waals surface area (Å²) in [6.07, 6.45) is 1.74. The Kier molecular flexibility index (Phi) is 6.27. The molecule has 0 saturated carbocycles. The standard InChI is InChI=1S/C18H21BrO2/c1-14-5-2-3-6-16(14)11-15(13-20)9-10-21-18-8-4-7-17(19)12-18/h2-8,12,15,20H,9-11,13H2,1H3. The van der Waals surface area contributed by atoms with E-state index in [1.165, 1.54) is 11.1 Å². The van der Waals surface area contributed by atoms with E-state index in [0.717, 1.165) is 23.1 Å². The summed E-state index contributed by atoms with van der Waals surface area (Å²) in [5.74, 6) is 1.09. The zero-order valence-electron chi connectivity index (χ0n) is 12.3. The normalized spacial score (nSPS) is 12.1. The van der Waals surface area contributed by atoms with Crippen molar-refractivity contribution in [3.8, 4) is 5.75 Å². The minimum atomic E-state index is 0.191. The molecule has 1 atom stereocenters. The summed E-state index contributed by atoms with van der Waals surface area (Å²) in [5.41, 5.74) is 2.59. The molecule has 0 bridgehead atoms. The highest BCUT2D eigenvalue weighted by Gasteiger charge is 2.10. The van der Waals surface area contributed by atoms with E-state index >= 15 is 0 Å². The van der Waals surface area contributed by atoms with Gasteiger partial charge in [-0.3, -0.25) is 0 Å². The molecule has 0 aliphatic carbocycles. The molecule has 0 saturated heterocycles. The second kappa shape index (κ2) is 8.20. The Balaban J connectivity index is 1.84. The number of aliphatic hydroxyl groups excluding tert-OH is 1. The Labute approximate surface area is 134 Å². The van der Waals surface area contributed by atoms with Crippen molar-refractivity contribution in [1.82, 2.24) is 0 Å². The van der Waals surface area contributed by atoms with Crippen LogP contribution in [-0.2, 0) is 6.42 Å². The Morgan fingerprint density at radius 3 is 2.67 bits per heavy atom. The minimum Gasteiger partial charge on any atom is -0.494 e. The summed E-state index contributed by atoms with van der Waals surface area (Å²) < 4.78 is 6.76. The number of rotatable bonds is 7. The van der Waals surface area contributed by atoms with E-state index in [0.29, 0.717) is 6.61 Å². The van der Waals surface area contributed by atoms with Crippen LogP contribution in [0.4, 0.5) is 0 Å². The van der Waals surface area contributed by atoms with E-state index in [2.05, 4.69) is 41.1 Å². The van der Waals surface area contributed by atoms with Crippen molar-refractivity contribution in [1.29, 1.82) is 0 Å². The SMILES string of the molecule is Cc1ccccc1CC(CO)CCOc1cccc(Br)c1. The van der Waals surface area contributed by atoms with Gasteiger partial charge in [0, 0.05) is 11.1 Å². The first-order valence-corrected chi connectivity index (χ1v) is 8.02. The van der Waals surface area contributed by atoms with E-state index in [9.17, 15) is 5.11 Å². The summed E-state index contributed by atoms with van der Waals surface area (Å²) in [5, 5.41) is 9.56. The van der Waals surface area contributed by atoms with Crippen LogP contribution in [0.15, 0.2) is 53.0 Å². The Hall–Kier alpha value is -1.32. The monoisotopic (exact) mass is 348 g/mol. The average Bonchev–Trinajstić information content (AvgIpc) is 2.48. The van der Waals surface area contributed by atoms with Crippen LogP contribution in [0.2, 0.25) is 0 Å². The molecule has 0 aliphatic heterocycles. The molecule has 0 spiro atoms. The van der Waals surface area contributed by atoms with Gasteiger partial charge in [-0.25, -0.2) is 0 Å². The zero-order valence-corrected chi connectivity index (χ0v) is 13.8. The van der Waals surface area contributed by atoms with Crippen molar-refractivity contribution in [2.24, 2.45) is 5.92 Å². The maximum Gasteiger partial charge on any atom is 0.120 e. The molecule has 21 heavy (non-hydrogen) atoms. The zero-order chi connectivity index (χ0) is 15.1. The summed E-state index contributed by atoms with van der Waals surface area (Å²) in [6.45, 7) is 2.92. The second-order valence-corrected chi connectivity index (χ2v) is 6.19. The maximum absolute atomic E-state index is 9.56. The number of benzene rings is 2. The topological polar surface area (TPSA) is 29.5 Å². The molecular formula is C18H21BrO2. The fourth-order valence-corrected chi connectivity index (χ4v) is 2.69. The summed E-state index contributed by atoms with van der Waals surface area (Å²) in [7, 11) is 0. The molecule has 3 heteroatoms. The van der Waals surface area contributed by atoms with E-state index in [4.69, 9.17) is 4.74 Å². The molecule has 0 aliphatic rings. The lowest BCUT2D eigenvalue weighted by Gasteiger charge is -2.16. The van der Waals surface area contributed by atoms with Crippen LogP contribution in [0.1, 0.15) is 17.5 Å². The van der Waals surface area contributed by atoms with Gasteiger partial charge in [-0.15, -0.1) is 0 Å². The van der Waals surface area contributed by atoms with Gasteiger partial charge in [-0.2, -0.15) is 0 Å². The van der Waals surface area contributed by atoms with Gasteiger partial charge in [-0.05, 0) is 55.0 Å². The van der Waals surface area contributed by atoms with Crippen molar-refractivity contribution in [3.63, 3.8) is 0 Å². The van der Waals surface area contributed by atoms with Crippen molar-refractivity contribution >= 4 is 15.9 Å². The molecular weight excluding hydrogens is 328 g/mol. The minimum absolute atomic E-state index is 0.191. The molecule has 1 unspecified atom stereocenters. The summed E-state index contributed by atoms with van der Waals surface area (Å²) in [6, 6.07) is 16.2. The molecule has 2 aromatic carbocycles. The lowest BCUT2D eigenvalue weighted by Crippen LogP contribution is -2.14. The maximum atomic E-state index is 9.56. The van der Waals surface area contributed by atoms with E-state index in [1.54, 1.807) is 0 Å². The Bertz CT molecular complexity index is 569. The first-order chi connectivity index (χ1) is 10.2. The average molecular weight is 349 g/mol. The highest BCUT2D eigenvalue weighted by atomic mass is 79.9. The first kappa shape index (κ1) is 16.1. The number of aliphatic hydroxyl groups is 1. The molecule has 2 nitrogen and oxygen atoms in total. The smallest absolute Gasteiger partial charge is 0.120 e. The summed E-state index contributed by atoms with van der Waals surface area (Å²) in [4.78, 5) is 0. The van der Waals surface area contributed by atoms with Gasteiger partial charge in [-0.1, -0.05) is 46.3 Å². The van der Waals surface area contributed by atoms with Gasteiger partial charge in [0.1, 0.15) is 5.75 Å². The molecule has 2 rings (SSSR count). The predicted molar refractivity (Wildman–Crippen MR) is 89.7 cm³/mol. The van der Waals surface area contributed by atoms with Gasteiger partial charge in [0.15, 0.2) is 0 Å². The van der Waals surface area contributed by atoms with Crippen LogP contribution in [0.25, 0.3) is 0 Å². The number of aryl methyl sites for hydroxylation is 1. The quantitative estimate of drug-likeness (QED) is 0.804. The van der Waals surface area contributed by atoms with Crippen molar-refractivity contribution in [3.05, 3.63) is 64.1 Å². The number of hydrogen-bond donors (Lipinski definition) is 1. The fraction of sp³-hybridized carbons (Fsp3) is 0.333. The molecule has 0 aromatic heterocycles. The number of ether oxygens (including phenoxy) is 1. The molecule has 0 heterocycles. The van der Waals surface area contributed by atoms with Gasteiger partial charge in [0.2, 0.25) is 0 Å². The predicted octanol–water partition coefficient (Wildman–Crippen LogP) is 4.38. The second-order valence-electron chi connectivity index (χ2n) is 5.27. The van der Waals surface area contributed by atoms with Crippen LogP contribution in [0.3, 0.4) is 0 Å². The van der Waals surface area contributed by atoms with Gasteiger partial charge < -0.3 is 9.84 Å². The molecule has 0 amide bonds. The van der Waals surface area contributed by atoms with Gasteiger partial charge in [0.25, 0.3) is 0 Å². The molecule has 2 aromatic rings. The lowest BCUT2D eigenvalue weighted by atomic mass is 9.94. The summed E-state index contributed by atoms with van der Waals surface area (Å²) >= 11 is 3.43.